The van der Waals surface area contributed by atoms with E-state index in [2.05, 4.69) is 10.0 Å². The van der Waals surface area contributed by atoms with E-state index < -0.39 is 10.0 Å². The van der Waals surface area contributed by atoms with Crippen LogP contribution in [0.5, 0.6) is 0 Å². The number of halogens is 1. The average molecular weight is 367 g/mol. The third-order valence-corrected chi connectivity index (χ3v) is 4.87. The molecule has 128 valence electrons. The Morgan fingerprint density at radius 2 is 1.79 bits per heavy atom. The van der Waals surface area contributed by atoms with Gasteiger partial charge in [0.05, 0.1) is 4.90 Å². The number of rotatable bonds is 6. The van der Waals surface area contributed by atoms with Crippen molar-refractivity contribution in [2.24, 2.45) is 5.92 Å². The lowest BCUT2D eigenvalue weighted by Crippen LogP contribution is -2.27. The molecule has 0 spiro atoms. The number of amides is 1. The first-order valence-electron chi connectivity index (χ1n) is 7.44. The monoisotopic (exact) mass is 366 g/mol. The number of carbonyl (C=O) groups is 1. The molecule has 2 N–H and O–H groups in total. The van der Waals surface area contributed by atoms with Crippen molar-refractivity contribution in [1.82, 2.24) is 4.72 Å². The van der Waals surface area contributed by atoms with E-state index in [9.17, 15) is 13.2 Å². The van der Waals surface area contributed by atoms with Crippen molar-refractivity contribution >= 4 is 33.2 Å². The molecule has 2 aromatic rings. The molecule has 2 rings (SSSR count). The van der Waals surface area contributed by atoms with E-state index in [1.54, 1.807) is 24.3 Å². The van der Waals surface area contributed by atoms with E-state index in [1.807, 2.05) is 13.8 Å². The third-order valence-electron chi connectivity index (χ3n) is 3.19. The summed E-state index contributed by atoms with van der Waals surface area (Å²) in [6.45, 7) is 4.21. The summed E-state index contributed by atoms with van der Waals surface area (Å²) in [5, 5.41) is 3.23. The molecule has 0 aliphatic carbocycles. The fourth-order valence-electron chi connectivity index (χ4n) is 1.91. The van der Waals surface area contributed by atoms with Crippen molar-refractivity contribution in [1.29, 1.82) is 0 Å². The summed E-state index contributed by atoms with van der Waals surface area (Å²) in [7, 11) is -3.56. The molecule has 0 fully saturated rings. The predicted molar refractivity (Wildman–Crippen MR) is 95.9 cm³/mol. The van der Waals surface area contributed by atoms with Crippen LogP contribution in [0.1, 0.15) is 24.2 Å². The minimum atomic E-state index is -3.56. The smallest absolute Gasteiger partial charge is 0.255 e. The second-order valence-electron chi connectivity index (χ2n) is 5.73. The molecule has 24 heavy (non-hydrogen) atoms. The van der Waals surface area contributed by atoms with E-state index in [4.69, 9.17) is 11.6 Å². The fraction of sp³-hybridized carbons (Fsp3) is 0.235. The number of hydrogen-bond donors (Lipinski definition) is 2. The van der Waals surface area contributed by atoms with E-state index >= 15 is 0 Å². The van der Waals surface area contributed by atoms with E-state index in [1.165, 1.54) is 24.3 Å². The molecule has 0 bridgehead atoms. The molecule has 5 nitrogen and oxygen atoms in total. The highest BCUT2D eigenvalue weighted by molar-refractivity contribution is 7.89. The maximum absolute atomic E-state index is 12.2. The van der Waals surface area contributed by atoms with E-state index in [0.717, 1.165) is 0 Å². The largest absolute Gasteiger partial charge is 0.322 e. The van der Waals surface area contributed by atoms with Gasteiger partial charge in [0.1, 0.15) is 0 Å². The van der Waals surface area contributed by atoms with Gasteiger partial charge in [0.2, 0.25) is 10.0 Å². The molecule has 0 saturated carbocycles. The van der Waals surface area contributed by atoms with Gasteiger partial charge in [0.25, 0.3) is 5.91 Å². The Hall–Kier alpha value is -1.89. The third kappa shape index (κ3) is 5.06. The molecule has 0 aromatic heterocycles. The van der Waals surface area contributed by atoms with Crippen LogP contribution in [0.15, 0.2) is 53.4 Å². The number of carbonyl (C=O) groups excluding carboxylic acids is 1. The van der Waals surface area contributed by atoms with Crippen LogP contribution < -0.4 is 10.0 Å². The predicted octanol–water partition coefficient (Wildman–Crippen LogP) is 3.53. The summed E-state index contributed by atoms with van der Waals surface area (Å²) in [6.07, 6.45) is 0. The van der Waals surface area contributed by atoms with Crippen LogP contribution in [0.2, 0.25) is 5.02 Å². The fourth-order valence-corrected chi connectivity index (χ4v) is 3.32. The molecule has 0 saturated heterocycles. The maximum atomic E-state index is 12.2. The molecule has 0 radical (unpaired) electrons. The lowest BCUT2D eigenvalue weighted by Gasteiger charge is -2.10. The van der Waals surface area contributed by atoms with Crippen molar-refractivity contribution in [3.63, 3.8) is 0 Å². The number of anilines is 1. The number of benzene rings is 2. The lowest BCUT2D eigenvalue weighted by molar-refractivity contribution is 0.102. The quantitative estimate of drug-likeness (QED) is 0.821. The lowest BCUT2D eigenvalue weighted by atomic mass is 10.2. The Kier molecular flexibility index (Phi) is 5.99. The number of sulfonamides is 1. The summed E-state index contributed by atoms with van der Waals surface area (Å²) >= 11 is 5.87. The van der Waals surface area contributed by atoms with Crippen LogP contribution in [0.4, 0.5) is 5.69 Å². The van der Waals surface area contributed by atoms with Gasteiger partial charge in [0, 0.05) is 22.8 Å². The van der Waals surface area contributed by atoms with Gasteiger partial charge in [-0.2, -0.15) is 0 Å². The minimum Gasteiger partial charge on any atom is -0.322 e. The van der Waals surface area contributed by atoms with Gasteiger partial charge in [-0.3, -0.25) is 4.79 Å². The average Bonchev–Trinajstić information content (AvgIpc) is 2.53. The molecular formula is C17H19ClN2O3S. The highest BCUT2D eigenvalue weighted by Gasteiger charge is 2.15. The summed E-state index contributed by atoms with van der Waals surface area (Å²) in [4.78, 5) is 12.3. The zero-order valence-electron chi connectivity index (χ0n) is 13.4. The van der Waals surface area contributed by atoms with Crippen LogP contribution >= 0.6 is 11.6 Å². The Balaban J connectivity index is 2.10. The standard InChI is InChI=1S/C17H19ClN2O3S/c1-12(2)11-19-24(22,23)16-8-6-13(7-9-16)17(21)20-15-5-3-4-14(18)10-15/h3-10,12,19H,11H2,1-2H3,(H,20,21). The van der Waals surface area contributed by atoms with Gasteiger partial charge in [0.15, 0.2) is 0 Å². The second kappa shape index (κ2) is 7.79. The first-order chi connectivity index (χ1) is 11.3. The molecule has 7 heteroatoms. The van der Waals surface area contributed by atoms with Crippen LogP contribution in [-0.2, 0) is 10.0 Å². The number of nitrogens with one attached hydrogen (secondary N) is 2. The van der Waals surface area contributed by atoms with Crippen LogP contribution in [0.3, 0.4) is 0 Å². The van der Waals surface area contributed by atoms with Crippen molar-refractivity contribution in [3.8, 4) is 0 Å². The minimum absolute atomic E-state index is 0.127. The Labute approximate surface area is 147 Å². The molecule has 0 heterocycles. The molecule has 0 atom stereocenters. The highest BCUT2D eigenvalue weighted by Crippen LogP contribution is 2.17. The van der Waals surface area contributed by atoms with Crippen molar-refractivity contribution in [2.45, 2.75) is 18.7 Å². The van der Waals surface area contributed by atoms with Crippen molar-refractivity contribution in [3.05, 3.63) is 59.1 Å². The summed E-state index contributed by atoms with van der Waals surface area (Å²) < 4.78 is 26.8. The van der Waals surface area contributed by atoms with Crippen LogP contribution in [0, 0.1) is 5.92 Å². The van der Waals surface area contributed by atoms with Crippen molar-refractivity contribution < 1.29 is 13.2 Å². The summed E-state index contributed by atoms with van der Waals surface area (Å²) in [5.74, 6) is -0.126. The maximum Gasteiger partial charge on any atom is 0.255 e. The first-order valence-corrected chi connectivity index (χ1v) is 9.31. The second-order valence-corrected chi connectivity index (χ2v) is 7.94. The molecule has 0 unspecified atom stereocenters. The van der Waals surface area contributed by atoms with E-state index in [0.29, 0.717) is 22.8 Å². The highest BCUT2D eigenvalue weighted by atomic mass is 35.5. The Bertz CT molecular complexity index is 818. The zero-order chi connectivity index (χ0) is 17.7. The molecule has 0 aliphatic rings. The van der Waals surface area contributed by atoms with Gasteiger partial charge >= 0.3 is 0 Å². The molecule has 0 aliphatic heterocycles. The SMILES string of the molecule is CC(C)CNS(=O)(=O)c1ccc(C(=O)Nc2cccc(Cl)c2)cc1. The molecule has 2 aromatic carbocycles. The van der Waals surface area contributed by atoms with Crippen LogP contribution in [-0.4, -0.2) is 20.9 Å². The summed E-state index contributed by atoms with van der Waals surface area (Å²) in [6, 6.07) is 12.6. The normalized spacial score (nSPS) is 11.5. The Morgan fingerprint density at radius 1 is 1.12 bits per heavy atom. The molecule has 1 amide bonds. The van der Waals surface area contributed by atoms with E-state index in [-0.39, 0.29) is 16.7 Å². The first kappa shape index (κ1) is 18.4. The number of hydrogen-bond acceptors (Lipinski definition) is 3. The zero-order valence-corrected chi connectivity index (χ0v) is 15.0. The van der Waals surface area contributed by atoms with Gasteiger partial charge in [-0.15, -0.1) is 0 Å². The van der Waals surface area contributed by atoms with Crippen LogP contribution in [0.25, 0.3) is 0 Å². The van der Waals surface area contributed by atoms with Gasteiger partial charge in [-0.1, -0.05) is 31.5 Å². The van der Waals surface area contributed by atoms with Gasteiger partial charge in [-0.05, 0) is 48.4 Å². The van der Waals surface area contributed by atoms with Gasteiger partial charge < -0.3 is 5.32 Å². The van der Waals surface area contributed by atoms with Gasteiger partial charge in [-0.25, -0.2) is 13.1 Å². The van der Waals surface area contributed by atoms with Crippen molar-refractivity contribution in [2.75, 3.05) is 11.9 Å². The molecular weight excluding hydrogens is 348 g/mol. The Morgan fingerprint density at radius 3 is 2.38 bits per heavy atom. The summed E-state index contributed by atoms with van der Waals surface area (Å²) in [5.41, 5.74) is 0.931. The topological polar surface area (TPSA) is 75.3 Å².